The van der Waals surface area contributed by atoms with Crippen molar-refractivity contribution in [3.8, 4) is 10.6 Å². The van der Waals surface area contributed by atoms with E-state index in [4.69, 9.17) is 4.98 Å². The molecule has 0 aromatic heterocycles. The van der Waals surface area contributed by atoms with Gasteiger partial charge in [-0.05, 0) is 37.1 Å². The molecule has 0 amide bonds. The van der Waals surface area contributed by atoms with Gasteiger partial charge in [-0.3, -0.25) is 0 Å². The molecule has 0 atom stereocenters. The van der Waals surface area contributed by atoms with Gasteiger partial charge in [0.2, 0.25) is 5.36 Å². The Kier molecular flexibility index (Phi) is 15.8. The zero-order valence-electron chi connectivity index (χ0n) is 24.9. The highest BCUT2D eigenvalue weighted by atomic mass is 127. The molecule has 1 aromatic carbocycles. The van der Waals surface area contributed by atoms with Crippen LogP contribution in [0, 0.1) is 0 Å². The van der Waals surface area contributed by atoms with Gasteiger partial charge in [-0.2, -0.15) is 0 Å². The molecule has 0 radical (unpaired) electrons. The van der Waals surface area contributed by atoms with Crippen LogP contribution in [0.1, 0.15) is 109 Å². The molecule has 0 fully saturated rings. The van der Waals surface area contributed by atoms with E-state index in [9.17, 15) is 0 Å². The van der Waals surface area contributed by atoms with Crippen molar-refractivity contribution in [2.45, 2.75) is 110 Å². The molecule has 38 heavy (non-hydrogen) atoms. The van der Waals surface area contributed by atoms with Crippen molar-refractivity contribution in [1.29, 1.82) is 0 Å². The molecule has 0 bridgehead atoms. The third-order valence-electron chi connectivity index (χ3n) is 7.61. The predicted octanol–water partition coefficient (Wildman–Crippen LogP) is 9.53. The number of unbranched alkanes of at least 4 members (excludes halogenated alkanes) is 14. The molecule has 1 aromatic rings. The van der Waals surface area contributed by atoms with E-state index in [0.717, 1.165) is 17.6 Å². The largest absolute Gasteiger partial charge is 0.378 e. The van der Waals surface area contributed by atoms with Crippen molar-refractivity contribution in [2.75, 3.05) is 33.1 Å². The first-order valence-corrected chi connectivity index (χ1v) is 15.9. The molecule has 0 saturated carbocycles. The van der Waals surface area contributed by atoms with Gasteiger partial charge >= 0.3 is 0 Å². The van der Waals surface area contributed by atoms with Crippen molar-refractivity contribution in [3.63, 3.8) is 0 Å². The fraction of sp³-hybridized carbons (Fsp3) is 0.636. The number of benzene rings is 2. The quantitative estimate of drug-likeness (QED) is 0.0628. The average molecular weight is 651 g/mol. The maximum absolute atomic E-state index is 5.03. The minimum atomic E-state index is 0. The number of halogens is 1. The Labute approximate surface area is 254 Å². The lowest BCUT2D eigenvalue weighted by Crippen LogP contribution is -2.26. The molecule has 0 saturated heterocycles. The second-order valence-corrected chi connectivity index (χ2v) is 12.4. The number of nitrogens with zero attached hydrogens (tertiary/aromatic N) is 3. The SMILES string of the molecule is CCCCCCCCCCCCCCCCCc1cc2nc3ccc(N(C)C)cc3sc-2cc1=[N+](C)C.I. The van der Waals surface area contributed by atoms with E-state index in [1.54, 1.807) is 0 Å². The first kappa shape index (κ1) is 33.0. The van der Waals surface area contributed by atoms with Crippen molar-refractivity contribution in [2.24, 2.45) is 0 Å². The van der Waals surface area contributed by atoms with Gasteiger partial charge in [0.1, 0.15) is 14.1 Å². The lowest BCUT2D eigenvalue weighted by Gasteiger charge is -2.14. The van der Waals surface area contributed by atoms with Crippen LogP contribution in [0.4, 0.5) is 5.69 Å². The third kappa shape index (κ3) is 10.7. The Morgan fingerprint density at radius 3 is 1.82 bits per heavy atom. The zero-order chi connectivity index (χ0) is 26.5. The Morgan fingerprint density at radius 2 is 1.29 bits per heavy atom. The van der Waals surface area contributed by atoms with E-state index in [1.807, 2.05) is 11.3 Å². The molecular weight excluding hydrogens is 597 g/mol. The average Bonchev–Trinajstić information content (AvgIpc) is 2.88. The van der Waals surface area contributed by atoms with Crippen molar-refractivity contribution in [3.05, 3.63) is 41.3 Å². The summed E-state index contributed by atoms with van der Waals surface area (Å²) in [6.45, 7) is 2.30. The number of hydrogen-bond donors (Lipinski definition) is 0. The molecule has 0 unspecified atom stereocenters. The first-order valence-electron chi connectivity index (χ1n) is 15.0. The minimum absolute atomic E-state index is 0. The van der Waals surface area contributed by atoms with Crippen LogP contribution < -0.4 is 14.8 Å². The summed E-state index contributed by atoms with van der Waals surface area (Å²) in [4.78, 5) is 8.46. The molecule has 0 spiro atoms. The molecule has 0 N–H and O–H groups in total. The van der Waals surface area contributed by atoms with Crippen molar-refractivity contribution >= 4 is 51.2 Å². The number of hydrogen-bond acceptors (Lipinski definition) is 3. The van der Waals surface area contributed by atoms with Gasteiger partial charge < -0.3 is 4.90 Å². The van der Waals surface area contributed by atoms with Gasteiger partial charge in [-0.25, -0.2) is 9.56 Å². The Morgan fingerprint density at radius 1 is 0.737 bits per heavy atom. The minimum Gasteiger partial charge on any atom is -0.378 e. The fourth-order valence-corrected chi connectivity index (χ4v) is 6.29. The van der Waals surface area contributed by atoms with E-state index < -0.39 is 0 Å². The summed E-state index contributed by atoms with van der Waals surface area (Å²) in [7, 11) is 8.52. The molecule has 1 aliphatic heterocycles. The topological polar surface area (TPSA) is 19.1 Å². The van der Waals surface area contributed by atoms with Crippen molar-refractivity contribution in [1.82, 2.24) is 9.56 Å². The van der Waals surface area contributed by atoms with Crippen molar-refractivity contribution < 1.29 is 0 Å². The summed E-state index contributed by atoms with van der Waals surface area (Å²) in [6.07, 6.45) is 22.3. The molecule has 1 aliphatic carbocycles. The van der Waals surface area contributed by atoms with Crippen LogP contribution in [0.2, 0.25) is 0 Å². The van der Waals surface area contributed by atoms with Crippen LogP contribution in [0.15, 0.2) is 30.3 Å². The Balaban J connectivity index is 0.00000507. The van der Waals surface area contributed by atoms with E-state index in [-0.39, 0.29) is 24.0 Å². The molecule has 3 rings (SSSR count). The lowest BCUT2D eigenvalue weighted by atomic mass is 10.0. The maximum Gasteiger partial charge on any atom is 0.204 e. The second kappa shape index (κ2) is 18.2. The summed E-state index contributed by atoms with van der Waals surface area (Å²) in [6, 6.07) is 11.3. The summed E-state index contributed by atoms with van der Waals surface area (Å²) in [5, 5.41) is 1.35. The van der Waals surface area contributed by atoms with E-state index in [2.05, 4.69) is 74.9 Å². The molecule has 5 heteroatoms. The zero-order valence-corrected chi connectivity index (χ0v) is 28.0. The molecule has 212 valence electrons. The first-order chi connectivity index (χ1) is 18.0. The summed E-state index contributed by atoms with van der Waals surface area (Å²) < 4.78 is 3.52. The molecule has 1 heterocycles. The van der Waals surface area contributed by atoms with Crippen LogP contribution in [0.25, 0.3) is 20.8 Å². The number of aryl methyl sites for hydroxylation is 1. The number of anilines is 1. The van der Waals surface area contributed by atoms with Crippen LogP contribution in [-0.2, 0) is 6.42 Å². The Hall–Kier alpha value is -1.21. The predicted molar refractivity (Wildman–Crippen MR) is 182 cm³/mol. The smallest absolute Gasteiger partial charge is 0.204 e. The van der Waals surface area contributed by atoms with Crippen LogP contribution >= 0.6 is 35.3 Å². The van der Waals surface area contributed by atoms with Gasteiger partial charge in [0.25, 0.3) is 0 Å². The summed E-state index contributed by atoms with van der Waals surface area (Å²) >= 11 is 1.86. The highest BCUT2D eigenvalue weighted by Crippen LogP contribution is 2.32. The van der Waals surface area contributed by atoms with E-state index in [0.29, 0.717) is 0 Å². The van der Waals surface area contributed by atoms with Crippen LogP contribution in [-0.4, -0.2) is 33.2 Å². The summed E-state index contributed by atoms with van der Waals surface area (Å²) in [5.41, 5.74) is 4.90. The van der Waals surface area contributed by atoms with E-state index >= 15 is 0 Å². The lowest BCUT2D eigenvalue weighted by molar-refractivity contribution is 0.532. The number of fused-ring (bicyclic) bond motifs is 2. The maximum atomic E-state index is 5.03. The fourth-order valence-electron chi connectivity index (χ4n) is 5.28. The highest BCUT2D eigenvalue weighted by Gasteiger charge is 2.14. The monoisotopic (exact) mass is 650 g/mol. The highest BCUT2D eigenvalue weighted by molar-refractivity contribution is 14.0. The second-order valence-electron chi connectivity index (χ2n) is 11.3. The molecular formula is C33H53IN3S+. The van der Waals surface area contributed by atoms with Crippen LogP contribution in [0.3, 0.4) is 0 Å². The standard InChI is InChI=1S/C33H52N3S.HI/c1-6-7-8-9-10-11-12-13-14-15-16-17-18-19-20-21-27-24-30-33(26-31(27)36(4)5)37-32-25-28(35(2)3)22-23-29(32)34-30;/h22-26H,6-21H2,1-5H3;1H/q+1;. The van der Waals surface area contributed by atoms with Gasteiger partial charge in [0.15, 0.2) is 0 Å². The number of rotatable bonds is 17. The summed E-state index contributed by atoms with van der Waals surface area (Å²) in [5.74, 6) is 0. The van der Waals surface area contributed by atoms with Gasteiger partial charge in [0, 0.05) is 31.4 Å². The van der Waals surface area contributed by atoms with Gasteiger partial charge in [0.05, 0.1) is 20.8 Å². The van der Waals surface area contributed by atoms with E-state index in [1.165, 1.54) is 122 Å². The van der Waals surface area contributed by atoms with Gasteiger partial charge in [-0.1, -0.05) is 96.8 Å². The third-order valence-corrected chi connectivity index (χ3v) is 8.71. The molecule has 2 aliphatic rings. The molecule has 3 nitrogen and oxygen atoms in total. The number of aromatic nitrogens is 1. The van der Waals surface area contributed by atoms with Crippen LogP contribution in [0.5, 0.6) is 0 Å². The van der Waals surface area contributed by atoms with Gasteiger partial charge in [-0.15, -0.1) is 35.3 Å². The Bertz CT molecular complexity index is 1120. The normalized spacial score (nSPS) is 11.2.